The number of H-pyrrole nitrogens is 1. The predicted octanol–water partition coefficient (Wildman–Crippen LogP) is 1.90. The van der Waals surface area contributed by atoms with E-state index in [9.17, 15) is 0 Å². The van der Waals surface area contributed by atoms with Crippen LogP contribution in [0.15, 0.2) is 47.1 Å². The molecule has 0 aliphatic carbocycles. The summed E-state index contributed by atoms with van der Waals surface area (Å²) in [5, 5.41) is 0.869. The Morgan fingerprint density at radius 2 is 1.94 bits per heavy atom. The fraction of sp³-hybridized carbons (Fsp3) is 0. The van der Waals surface area contributed by atoms with Crippen LogP contribution in [-0.4, -0.2) is 24.9 Å². The van der Waals surface area contributed by atoms with Crippen LogP contribution in [0.5, 0.6) is 0 Å². The van der Waals surface area contributed by atoms with Crippen molar-refractivity contribution >= 4 is 22.9 Å². The quantitative estimate of drug-likeness (QED) is 0.680. The van der Waals surface area contributed by atoms with E-state index >= 15 is 0 Å². The molecule has 16 heavy (non-hydrogen) atoms. The maximum atomic E-state index is 4.23. The molecule has 0 aliphatic rings. The monoisotopic (exact) mass is 229 g/mol. The molecule has 1 N–H and O–H groups in total. The molecule has 0 atom stereocenters. The van der Waals surface area contributed by atoms with Crippen LogP contribution < -0.4 is 0 Å². The topological polar surface area (TPSA) is 67.3 Å². The van der Waals surface area contributed by atoms with Crippen LogP contribution in [0.3, 0.4) is 0 Å². The molecule has 0 saturated heterocycles. The van der Waals surface area contributed by atoms with Crippen LogP contribution in [0.2, 0.25) is 0 Å². The first kappa shape index (κ1) is 9.29. The van der Waals surface area contributed by atoms with Gasteiger partial charge in [0.1, 0.15) is 16.9 Å². The molecular weight excluding hydrogens is 222 g/mol. The summed E-state index contributed by atoms with van der Waals surface area (Å²) in [5.41, 5.74) is 1.55. The second-order valence-corrected chi connectivity index (χ2v) is 4.13. The van der Waals surface area contributed by atoms with Crippen molar-refractivity contribution in [2.75, 3.05) is 0 Å². The van der Waals surface area contributed by atoms with Crippen LogP contribution in [0.25, 0.3) is 11.2 Å². The molecule has 0 spiro atoms. The van der Waals surface area contributed by atoms with Gasteiger partial charge < -0.3 is 4.98 Å². The highest BCUT2D eigenvalue weighted by molar-refractivity contribution is 7.99. The van der Waals surface area contributed by atoms with Gasteiger partial charge in [-0.3, -0.25) is 4.98 Å². The number of nitrogens with one attached hydrogen (secondary N) is 1. The molecule has 3 heterocycles. The van der Waals surface area contributed by atoms with E-state index in [0.717, 1.165) is 15.4 Å². The zero-order valence-corrected chi connectivity index (χ0v) is 8.98. The first-order valence-electron chi connectivity index (χ1n) is 4.65. The van der Waals surface area contributed by atoms with E-state index in [0.29, 0.717) is 5.65 Å². The molecule has 0 bridgehead atoms. The number of aromatic amines is 1. The van der Waals surface area contributed by atoms with Gasteiger partial charge in [-0.1, -0.05) is 11.8 Å². The predicted molar refractivity (Wildman–Crippen MR) is 60.0 cm³/mol. The smallest absolute Gasteiger partial charge is 0.181 e. The highest BCUT2D eigenvalue weighted by Crippen LogP contribution is 2.28. The molecule has 3 aromatic rings. The molecule has 0 fully saturated rings. The Hall–Kier alpha value is -1.95. The summed E-state index contributed by atoms with van der Waals surface area (Å²) >= 11 is 1.56. The second-order valence-electron chi connectivity index (χ2n) is 3.06. The van der Waals surface area contributed by atoms with E-state index in [-0.39, 0.29) is 0 Å². The van der Waals surface area contributed by atoms with Crippen LogP contribution in [0, 0.1) is 0 Å². The Kier molecular flexibility index (Phi) is 2.26. The summed E-state index contributed by atoms with van der Waals surface area (Å²) in [5.74, 6) is 0. The third kappa shape index (κ3) is 1.63. The van der Waals surface area contributed by atoms with Gasteiger partial charge in [0.2, 0.25) is 0 Å². The number of nitrogens with zero attached hydrogens (tertiary/aromatic N) is 4. The zero-order valence-electron chi connectivity index (χ0n) is 8.16. The number of rotatable bonds is 2. The number of hydrogen-bond acceptors (Lipinski definition) is 5. The average Bonchev–Trinajstić information content (AvgIpc) is 2.80. The van der Waals surface area contributed by atoms with Gasteiger partial charge in [-0.05, 0) is 12.1 Å². The van der Waals surface area contributed by atoms with E-state index in [1.165, 1.54) is 6.33 Å². The summed E-state index contributed by atoms with van der Waals surface area (Å²) in [4.78, 5) is 20.5. The van der Waals surface area contributed by atoms with E-state index in [4.69, 9.17) is 0 Å². The fourth-order valence-electron chi connectivity index (χ4n) is 1.34. The average molecular weight is 229 g/mol. The van der Waals surface area contributed by atoms with Gasteiger partial charge in [0, 0.05) is 17.3 Å². The van der Waals surface area contributed by atoms with Crippen molar-refractivity contribution in [2.45, 2.75) is 9.92 Å². The van der Waals surface area contributed by atoms with E-state index in [2.05, 4.69) is 24.9 Å². The Morgan fingerprint density at radius 1 is 1.06 bits per heavy atom. The maximum Gasteiger partial charge on any atom is 0.181 e. The maximum absolute atomic E-state index is 4.23. The molecule has 0 aliphatic heterocycles. The molecular formula is C10H7N5S. The lowest BCUT2D eigenvalue weighted by molar-refractivity contribution is 1.08. The first-order chi connectivity index (χ1) is 7.93. The summed E-state index contributed by atoms with van der Waals surface area (Å²) < 4.78 is 0. The van der Waals surface area contributed by atoms with E-state index in [1.807, 2.05) is 12.1 Å². The van der Waals surface area contributed by atoms with Crippen molar-refractivity contribution in [1.82, 2.24) is 24.9 Å². The number of fused-ring (bicyclic) bond motifs is 1. The summed E-state index contributed by atoms with van der Waals surface area (Å²) in [6, 6.07) is 3.88. The minimum absolute atomic E-state index is 0.687. The second kappa shape index (κ2) is 3.90. The summed E-state index contributed by atoms with van der Waals surface area (Å²) in [6.07, 6.45) is 6.66. The largest absolute Gasteiger partial charge is 0.341 e. The van der Waals surface area contributed by atoms with Crippen molar-refractivity contribution < 1.29 is 0 Å². The molecule has 0 aromatic carbocycles. The van der Waals surface area contributed by atoms with Gasteiger partial charge in [-0.15, -0.1) is 0 Å². The molecule has 0 saturated carbocycles. The Bertz CT molecular complexity index is 607. The molecule has 3 rings (SSSR count). The first-order valence-corrected chi connectivity index (χ1v) is 5.47. The molecule has 3 aromatic heterocycles. The van der Waals surface area contributed by atoms with Crippen molar-refractivity contribution in [3.8, 4) is 0 Å². The number of pyridine rings is 1. The normalized spacial score (nSPS) is 10.8. The number of imidazole rings is 1. The Morgan fingerprint density at radius 3 is 2.81 bits per heavy atom. The highest BCUT2D eigenvalue weighted by atomic mass is 32.2. The molecule has 0 amide bonds. The number of hydrogen-bond donors (Lipinski definition) is 1. The Labute approximate surface area is 95.4 Å². The lowest BCUT2D eigenvalue weighted by atomic mass is 10.5. The van der Waals surface area contributed by atoms with E-state index < -0.39 is 0 Å². The molecule has 5 nitrogen and oxygen atoms in total. The van der Waals surface area contributed by atoms with Gasteiger partial charge >= 0.3 is 0 Å². The van der Waals surface area contributed by atoms with Crippen molar-refractivity contribution in [3.63, 3.8) is 0 Å². The SMILES string of the molecule is c1cc(Sc2ncnc3nc[nH]c23)ccn1. The molecule has 0 radical (unpaired) electrons. The van der Waals surface area contributed by atoms with Gasteiger partial charge in [-0.2, -0.15) is 0 Å². The van der Waals surface area contributed by atoms with Gasteiger partial charge in [0.25, 0.3) is 0 Å². The van der Waals surface area contributed by atoms with Crippen LogP contribution in [0.4, 0.5) is 0 Å². The Balaban J connectivity index is 2.04. The van der Waals surface area contributed by atoms with Crippen LogP contribution >= 0.6 is 11.8 Å². The third-order valence-corrected chi connectivity index (χ3v) is 3.06. The van der Waals surface area contributed by atoms with Crippen molar-refractivity contribution in [3.05, 3.63) is 37.2 Å². The van der Waals surface area contributed by atoms with Crippen LogP contribution in [0.1, 0.15) is 0 Å². The standard InChI is InChI=1S/C10H7N5S/c1-3-11-4-2-7(1)16-10-8-9(13-5-12-8)14-6-15-10/h1-6H,(H,12,13,14,15). The van der Waals surface area contributed by atoms with Crippen LogP contribution in [-0.2, 0) is 0 Å². The van der Waals surface area contributed by atoms with Gasteiger partial charge in [-0.25, -0.2) is 15.0 Å². The van der Waals surface area contributed by atoms with Gasteiger partial charge in [0.05, 0.1) is 6.33 Å². The fourth-order valence-corrected chi connectivity index (χ4v) is 2.17. The van der Waals surface area contributed by atoms with E-state index in [1.54, 1.807) is 30.5 Å². The minimum Gasteiger partial charge on any atom is -0.341 e. The number of aromatic nitrogens is 5. The highest BCUT2D eigenvalue weighted by Gasteiger charge is 2.06. The van der Waals surface area contributed by atoms with Crippen molar-refractivity contribution in [2.24, 2.45) is 0 Å². The van der Waals surface area contributed by atoms with Gasteiger partial charge in [0.15, 0.2) is 5.65 Å². The lowest BCUT2D eigenvalue weighted by Gasteiger charge is -2.00. The summed E-state index contributed by atoms with van der Waals surface area (Å²) in [7, 11) is 0. The van der Waals surface area contributed by atoms with Crippen molar-refractivity contribution in [1.29, 1.82) is 0 Å². The minimum atomic E-state index is 0.687. The molecule has 0 unspecified atom stereocenters. The molecule has 78 valence electrons. The summed E-state index contributed by atoms with van der Waals surface area (Å²) in [6.45, 7) is 0. The third-order valence-electron chi connectivity index (χ3n) is 2.05. The lowest BCUT2D eigenvalue weighted by Crippen LogP contribution is -1.85. The zero-order chi connectivity index (χ0) is 10.8. The molecule has 6 heteroatoms.